The van der Waals surface area contributed by atoms with Gasteiger partial charge < -0.3 is 40.3 Å². The second kappa shape index (κ2) is 15.2. The number of rotatable bonds is 12. The van der Waals surface area contributed by atoms with E-state index in [1.54, 1.807) is 44.2 Å². The molecule has 4 aromatic carbocycles. The van der Waals surface area contributed by atoms with E-state index in [1.807, 2.05) is 54.6 Å². The smallest absolute Gasteiger partial charge is 0.336 e. The number of nitrogens with one attached hydrogen (secondary N) is 4. The highest BCUT2D eigenvalue weighted by atomic mass is 35.5. The molecule has 0 aliphatic heterocycles. The Hall–Kier alpha value is -7.16. The summed E-state index contributed by atoms with van der Waals surface area (Å²) >= 11 is 13.2. The minimum Gasteiger partial charge on any atom is -0.478 e. The van der Waals surface area contributed by atoms with Gasteiger partial charge in [-0.25, -0.2) is 19.6 Å². The molecule has 0 saturated carbocycles. The number of ether oxygens (including phenoxy) is 2. The van der Waals surface area contributed by atoms with E-state index < -0.39 is 11.9 Å². The maximum Gasteiger partial charge on any atom is 0.336 e. The van der Waals surface area contributed by atoms with E-state index in [0.717, 1.165) is 5.56 Å². The maximum absolute atomic E-state index is 12.2. The van der Waals surface area contributed by atoms with Gasteiger partial charge in [-0.1, -0.05) is 71.7 Å². The van der Waals surface area contributed by atoms with Gasteiger partial charge in [0.1, 0.15) is 17.3 Å². The molecule has 8 aromatic rings. The van der Waals surface area contributed by atoms with Crippen molar-refractivity contribution in [1.29, 1.82) is 0 Å². The molecule has 0 aliphatic carbocycles. The Labute approximate surface area is 333 Å². The summed E-state index contributed by atoms with van der Waals surface area (Å²) in [5, 5.41) is 26.6. The molecule has 0 atom stereocenters. The number of aromatic amines is 2. The van der Waals surface area contributed by atoms with Crippen LogP contribution in [0.1, 0.15) is 37.4 Å². The van der Waals surface area contributed by atoms with Gasteiger partial charge in [-0.15, -0.1) is 0 Å². The van der Waals surface area contributed by atoms with Crippen LogP contribution in [0.15, 0.2) is 97.1 Å². The average molecular weight is 802 g/mol. The molecule has 8 rings (SSSR count). The number of hydrogen-bond donors (Lipinski definition) is 6. The summed E-state index contributed by atoms with van der Waals surface area (Å²) in [6, 6.07) is 28.6. The van der Waals surface area contributed by atoms with Crippen LogP contribution in [0.2, 0.25) is 10.0 Å². The molecular formula is C41H30Cl2N8O6. The summed E-state index contributed by atoms with van der Waals surface area (Å²) < 4.78 is 12.1. The first-order valence-electron chi connectivity index (χ1n) is 17.3. The number of hydrogen-bond acceptors (Lipinski definition) is 10. The van der Waals surface area contributed by atoms with E-state index >= 15 is 0 Å². The van der Waals surface area contributed by atoms with Crippen molar-refractivity contribution in [2.75, 3.05) is 10.6 Å². The third-order valence-electron chi connectivity index (χ3n) is 8.97. The number of aromatic carboxylic acids is 2. The lowest BCUT2D eigenvalue weighted by molar-refractivity contribution is 0.0685. The Kier molecular flexibility index (Phi) is 9.79. The maximum atomic E-state index is 12.2. The zero-order chi connectivity index (χ0) is 39.8. The lowest BCUT2D eigenvalue weighted by atomic mass is 9.98. The first-order valence-corrected chi connectivity index (χ1v) is 18.1. The monoisotopic (exact) mass is 800 g/mol. The average Bonchev–Trinajstić information content (AvgIpc) is 3.77. The molecule has 14 nitrogen and oxygen atoms in total. The van der Waals surface area contributed by atoms with Crippen molar-refractivity contribution in [3.63, 3.8) is 0 Å². The molecule has 0 spiro atoms. The minimum atomic E-state index is -1.11. The molecule has 0 saturated heterocycles. The van der Waals surface area contributed by atoms with Crippen LogP contribution in [-0.4, -0.2) is 52.1 Å². The van der Waals surface area contributed by atoms with Gasteiger partial charge in [0.05, 0.1) is 32.2 Å². The fourth-order valence-electron chi connectivity index (χ4n) is 6.12. The Bertz CT molecular complexity index is 2860. The molecule has 6 N–H and O–H groups in total. The predicted molar refractivity (Wildman–Crippen MR) is 217 cm³/mol. The molecule has 0 amide bonds. The Morgan fingerprint density at radius 2 is 1.33 bits per heavy atom. The van der Waals surface area contributed by atoms with Crippen LogP contribution < -0.4 is 20.1 Å². The van der Waals surface area contributed by atoms with Gasteiger partial charge in [-0.3, -0.25) is 0 Å². The highest BCUT2D eigenvalue weighted by Gasteiger charge is 2.19. The van der Waals surface area contributed by atoms with Crippen molar-refractivity contribution in [3.05, 3.63) is 135 Å². The molecule has 4 aromatic heterocycles. The molecule has 0 unspecified atom stereocenters. The third-order valence-corrected chi connectivity index (χ3v) is 9.54. The van der Waals surface area contributed by atoms with Crippen LogP contribution >= 0.6 is 23.2 Å². The fraction of sp³-hybridized carbons (Fsp3) is 0.0732. The largest absolute Gasteiger partial charge is 0.478 e. The normalized spacial score (nSPS) is 11.2. The van der Waals surface area contributed by atoms with Crippen LogP contribution in [-0.2, 0) is 6.54 Å². The van der Waals surface area contributed by atoms with E-state index in [2.05, 4.69) is 40.5 Å². The Morgan fingerprint density at radius 3 is 2.04 bits per heavy atom. The lowest BCUT2D eigenvalue weighted by Gasteiger charge is -2.14. The van der Waals surface area contributed by atoms with Crippen LogP contribution in [0, 0.1) is 13.8 Å². The fourth-order valence-corrected chi connectivity index (χ4v) is 6.54. The van der Waals surface area contributed by atoms with Gasteiger partial charge in [0.15, 0.2) is 17.1 Å². The summed E-state index contributed by atoms with van der Waals surface area (Å²) in [6.07, 6.45) is 0. The molecule has 0 radical (unpaired) electrons. The van der Waals surface area contributed by atoms with E-state index in [4.69, 9.17) is 32.7 Å². The standard InChI is InChI=1S/C41H30Cl2N8O6/c1-20-11-12-25(15-26(20)38(52)53)56-40-46-32-18-30(43)35(49-37(32)50-40)45-24-10-6-9-23(14-24)28-13-21(2)27(39(54)55)16-33(28)57-41-47-31-17-29(42)34(48-36(31)51-41)44-19-22-7-4-3-5-8-22/h3-18H,19H2,1-2H3,(H,52,53)(H,54,55)(H2,44,47,48,51)(H2,45,46,49,50). The molecule has 57 heavy (non-hydrogen) atoms. The highest BCUT2D eigenvalue weighted by molar-refractivity contribution is 6.34. The van der Waals surface area contributed by atoms with Crippen LogP contribution in [0.5, 0.6) is 23.5 Å². The summed E-state index contributed by atoms with van der Waals surface area (Å²) in [6.45, 7) is 3.92. The summed E-state index contributed by atoms with van der Waals surface area (Å²) in [5.41, 5.74) is 5.90. The molecule has 0 aliphatic rings. The van der Waals surface area contributed by atoms with E-state index in [9.17, 15) is 19.8 Å². The van der Waals surface area contributed by atoms with Gasteiger partial charge in [0.25, 0.3) is 0 Å². The van der Waals surface area contributed by atoms with Gasteiger partial charge in [-0.05, 0) is 84.6 Å². The van der Waals surface area contributed by atoms with Gasteiger partial charge in [0, 0.05) is 17.8 Å². The number of pyridine rings is 2. The predicted octanol–water partition coefficient (Wildman–Crippen LogP) is 10.2. The van der Waals surface area contributed by atoms with Gasteiger partial charge in [0.2, 0.25) is 0 Å². The van der Waals surface area contributed by atoms with Crippen molar-refractivity contribution < 1.29 is 29.3 Å². The number of imidazole rings is 2. The Morgan fingerprint density at radius 1 is 0.684 bits per heavy atom. The topological polar surface area (TPSA) is 200 Å². The number of halogens is 2. The number of carboxylic acid groups (broad SMARTS) is 2. The van der Waals surface area contributed by atoms with Crippen molar-refractivity contribution in [1.82, 2.24) is 29.9 Å². The van der Waals surface area contributed by atoms with E-state index in [-0.39, 0.29) is 39.7 Å². The number of fused-ring (bicyclic) bond motifs is 2. The highest BCUT2D eigenvalue weighted by Crippen LogP contribution is 2.38. The second-order valence-electron chi connectivity index (χ2n) is 13.0. The van der Waals surface area contributed by atoms with E-state index in [0.29, 0.717) is 73.5 Å². The summed E-state index contributed by atoms with van der Waals surface area (Å²) in [7, 11) is 0. The molecule has 16 heteroatoms. The summed E-state index contributed by atoms with van der Waals surface area (Å²) in [4.78, 5) is 48.0. The van der Waals surface area contributed by atoms with Gasteiger partial charge in [-0.2, -0.15) is 9.97 Å². The SMILES string of the molecule is Cc1ccc(Oc2nc3nc(Nc4cccc(-c5cc(C)c(C(=O)O)cc5Oc5nc6nc(NCc7ccccc7)c(Cl)cc6[nH]5)c4)c(Cl)cc3[nH]2)cc1C(=O)O. The third kappa shape index (κ3) is 7.85. The minimum absolute atomic E-state index is 0.0593. The van der Waals surface area contributed by atoms with Crippen LogP contribution in [0.4, 0.5) is 17.3 Å². The van der Waals surface area contributed by atoms with Crippen LogP contribution in [0.3, 0.4) is 0 Å². The number of aromatic nitrogens is 6. The van der Waals surface area contributed by atoms with E-state index in [1.165, 1.54) is 12.1 Å². The second-order valence-corrected chi connectivity index (χ2v) is 13.8. The van der Waals surface area contributed by atoms with Crippen molar-refractivity contribution >= 4 is 74.8 Å². The number of anilines is 3. The number of H-pyrrole nitrogens is 2. The molecule has 284 valence electrons. The van der Waals surface area contributed by atoms with Crippen molar-refractivity contribution in [2.45, 2.75) is 20.4 Å². The molecule has 4 heterocycles. The number of carbonyl (C=O) groups is 2. The van der Waals surface area contributed by atoms with Crippen LogP contribution in [0.25, 0.3) is 33.5 Å². The number of carboxylic acids is 2. The Balaban J connectivity index is 1.06. The molecule has 0 fully saturated rings. The van der Waals surface area contributed by atoms with Gasteiger partial charge >= 0.3 is 24.0 Å². The number of nitrogens with zero attached hydrogens (tertiary/aromatic N) is 4. The van der Waals surface area contributed by atoms with Crippen molar-refractivity contribution in [2.24, 2.45) is 0 Å². The first-order chi connectivity index (χ1) is 27.5. The zero-order valence-corrected chi connectivity index (χ0v) is 31.5. The molecule has 0 bridgehead atoms. The van der Waals surface area contributed by atoms with Crippen molar-refractivity contribution in [3.8, 4) is 34.6 Å². The number of benzene rings is 4. The lowest BCUT2D eigenvalue weighted by Crippen LogP contribution is -2.02. The summed E-state index contributed by atoms with van der Waals surface area (Å²) in [5.74, 6) is -0.902. The first kappa shape index (κ1) is 36.8. The number of aryl methyl sites for hydroxylation is 2. The quantitative estimate of drug-likeness (QED) is 0.0684. The molecular weight excluding hydrogens is 771 g/mol. The zero-order valence-electron chi connectivity index (χ0n) is 30.0.